The molecule has 0 saturated carbocycles. The Hall–Kier alpha value is -2.91. The number of benzene rings is 1. The number of esters is 3. The summed E-state index contributed by atoms with van der Waals surface area (Å²) in [5.41, 5.74) is -3.51. The molecule has 0 unspecified atom stereocenters. The fourth-order valence-corrected chi connectivity index (χ4v) is 3.51. The third kappa shape index (κ3) is 2.28. The molecule has 0 aromatic heterocycles. The van der Waals surface area contributed by atoms with Gasteiger partial charge in [0.15, 0.2) is 12.4 Å². The van der Waals surface area contributed by atoms with Crippen LogP contribution in [0.5, 0.6) is 5.75 Å². The molecule has 4 rings (SSSR count). The molecule has 1 spiro atoms. The van der Waals surface area contributed by atoms with Gasteiger partial charge in [0.2, 0.25) is 0 Å². The highest BCUT2D eigenvalue weighted by Crippen LogP contribution is 2.51. The maximum absolute atomic E-state index is 12.8. The molecule has 1 aromatic rings. The summed E-state index contributed by atoms with van der Waals surface area (Å²) in [5.74, 6) is -1.98. The highest BCUT2D eigenvalue weighted by Gasteiger charge is 2.79. The highest BCUT2D eigenvalue weighted by atomic mass is 16.8. The minimum atomic E-state index is -2.06. The summed E-state index contributed by atoms with van der Waals surface area (Å²) < 4.78 is 32.1. The number of rotatable bonds is 3. The van der Waals surface area contributed by atoms with Crippen LogP contribution < -0.4 is 4.74 Å². The highest BCUT2D eigenvalue weighted by molar-refractivity contribution is 6.03. The van der Waals surface area contributed by atoms with E-state index in [1.165, 1.54) is 13.2 Å². The van der Waals surface area contributed by atoms with Gasteiger partial charge in [-0.2, -0.15) is 0 Å². The topological polar surface area (TPSA) is 107 Å². The lowest BCUT2D eigenvalue weighted by Gasteiger charge is -2.42. The van der Waals surface area contributed by atoms with Crippen molar-refractivity contribution in [3.05, 3.63) is 42.0 Å². The summed E-state index contributed by atoms with van der Waals surface area (Å²) in [6, 6.07) is 6.77. The first-order valence-electron chi connectivity index (χ1n) is 8.12. The van der Waals surface area contributed by atoms with Crippen molar-refractivity contribution in [1.82, 2.24) is 0 Å². The van der Waals surface area contributed by atoms with Crippen LogP contribution in [0.15, 0.2) is 36.4 Å². The lowest BCUT2D eigenvalue weighted by molar-refractivity contribution is -0.303. The number of hydrogen-bond acceptors (Lipinski definition) is 9. The Labute approximate surface area is 153 Å². The second-order valence-corrected chi connectivity index (χ2v) is 6.17. The van der Waals surface area contributed by atoms with E-state index in [4.69, 9.17) is 28.4 Å². The van der Waals surface area contributed by atoms with Crippen molar-refractivity contribution in [3.63, 3.8) is 0 Å². The monoisotopic (exact) mass is 376 g/mol. The van der Waals surface area contributed by atoms with Gasteiger partial charge in [0, 0.05) is 11.6 Å². The molecular weight excluding hydrogens is 360 g/mol. The summed E-state index contributed by atoms with van der Waals surface area (Å²) >= 11 is 0. The number of methoxy groups -OCH3 is 2. The van der Waals surface area contributed by atoms with Crippen molar-refractivity contribution in [3.8, 4) is 5.75 Å². The molecule has 3 aliphatic heterocycles. The van der Waals surface area contributed by atoms with Crippen molar-refractivity contribution in [2.24, 2.45) is 0 Å². The summed E-state index contributed by atoms with van der Waals surface area (Å²) in [4.78, 5) is 37.1. The van der Waals surface area contributed by atoms with Crippen molar-refractivity contribution in [2.45, 2.75) is 23.6 Å². The van der Waals surface area contributed by atoms with Crippen LogP contribution in [0.3, 0.4) is 0 Å². The van der Waals surface area contributed by atoms with Crippen molar-refractivity contribution in [1.29, 1.82) is 0 Å². The number of fused-ring (bicyclic) bond motifs is 2. The molecule has 3 aliphatic rings. The van der Waals surface area contributed by atoms with E-state index in [0.29, 0.717) is 11.3 Å². The van der Waals surface area contributed by atoms with Gasteiger partial charge in [-0.1, -0.05) is 12.1 Å². The van der Waals surface area contributed by atoms with E-state index in [9.17, 15) is 14.4 Å². The van der Waals surface area contributed by atoms with Crippen LogP contribution in [-0.4, -0.2) is 56.0 Å². The molecular formula is C18H16O9. The molecule has 9 heteroatoms. The minimum Gasteiger partial charge on any atom is -0.497 e. The van der Waals surface area contributed by atoms with E-state index in [-0.39, 0.29) is 6.61 Å². The van der Waals surface area contributed by atoms with Gasteiger partial charge < -0.3 is 28.4 Å². The van der Waals surface area contributed by atoms with Gasteiger partial charge in [0.25, 0.3) is 11.2 Å². The van der Waals surface area contributed by atoms with Crippen LogP contribution in [0.1, 0.15) is 11.9 Å². The second-order valence-electron chi connectivity index (χ2n) is 6.17. The molecule has 4 atom stereocenters. The smallest absolute Gasteiger partial charge is 0.359 e. The average molecular weight is 376 g/mol. The Morgan fingerprint density at radius 3 is 2.52 bits per heavy atom. The first kappa shape index (κ1) is 17.5. The third-order valence-electron chi connectivity index (χ3n) is 4.84. The first-order valence-corrected chi connectivity index (χ1v) is 8.12. The molecule has 1 aromatic carbocycles. The van der Waals surface area contributed by atoms with Crippen LogP contribution in [0, 0.1) is 0 Å². The van der Waals surface area contributed by atoms with Crippen molar-refractivity contribution < 1.29 is 42.8 Å². The number of carbonyl (C=O) groups excluding carboxylic acids is 3. The summed E-state index contributed by atoms with van der Waals surface area (Å²) in [6.45, 7) is -0.148. The van der Waals surface area contributed by atoms with E-state index in [2.05, 4.69) is 0 Å². The molecule has 0 N–H and O–H groups in total. The Morgan fingerprint density at radius 1 is 1.19 bits per heavy atom. The van der Waals surface area contributed by atoms with E-state index < -0.39 is 41.5 Å². The van der Waals surface area contributed by atoms with Crippen molar-refractivity contribution >= 4 is 17.9 Å². The van der Waals surface area contributed by atoms with Crippen molar-refractivity contribution in [2.75, 3.05) is 20.8 Å². The zero-order chi connectivity index (χ0) is 19.2. The summed E-state index contributed by atoms with van der Waals surface area (Å²) in [7, 11) is 2.68. The SMILES string of the molecule is COC(=O)[C@]12O[C@@H](c3ccc(OC)cc3)OC[C@@H]1OC(=O)[C@@]21C=CC(=O)O1. The Bertz CT molecular complexity index is 830. The molecule has 3 heterocycles. The first-order chi connectivity index (χ1) is 13.0. The predicted octanol–water partition coefficient (Wildman–Crippen LogP) is 0.430. The molecule has 0 amide bonds. The van der Waals surface area contributed by atoms with Gasteiger partial charge in [-0.15, -0.1) is 0 Å². The quantitative estimate of drug-likeness (QED) is 0.548. The maximum atomic E-state index is 12.8. The van der Waals surface area contributed by atoms with Crippen LogP contribution in [0.2, 0.25) is 0 Å². The zero-order valence-corrected chi connectivity index (χ0v) is 14.5. The summed E-state index contributed by atoms with van der Waals surface area (Å²) in [5, 5.41) is 0. The van der Waals surface area contributed by atoms with Crippen LogP contribution in [0.4, 0.5) is 0 Å². The predicted molar refractivity (Wildman–Crippen MR) is 85.4 cm³/mol. The molecule has 0 bridgehead atoms. The van der Waals surface area contributed by atoms with Gasteiger partial charge >= 0.3 is 17.9 Å². The average Bonchev–Trinajstić information content (AvgIpc) is 3.21. The normalized spacial score (nSPS) is 34.1. The third-order valence-corrected chi connectivity index (χ3v) is 4.84. The van der Waals surface area contributed by atoms with Gasteiger partial charge in [-0.05, 0) is 18.2 Å². The molecule has 0 radical (unpaired) electrons. The molecule has 9 nitrogen and oxygen atoms in total. The molecule has 27 heavy (non-hydrogen) atoms. The van der Waals surface area contributed by atoms with E-state index in [1.54, 1.807) is 24.3 Å². The maximum Gasteiger partial charge on any atom is 0.359 e. The number of carbonyl (C=O) groups is 3. The van der Waals surface area contributed by atoms with Gasteiger partial charge in [0.1, 0.15) is 5.75 Å². The molecule has 2 fully saturated rings. The molecule has 0 aliphatic carbocycles. The standard InChI is InChI=1S/C18H16O9/c1-22-11-5-3-10(4-6-11)14-24-9-12-18(27-14,16(21)23-2)17(15(20)25-12)8-7-13(19)26-17/h3-8,12,14H,9H2,1-2H3/t12-,14-,17-,18+/m0/s1. The van der Waals surface area contributed by atoms with Gasteiger partial charge in [0.05, 0.1) is 20.8 Å². The Balaban J connectivity index is 1.77. The van der Waals surface area contributed by atoms with Gasteiger partial charge in [-0.25, -0.2) is 14.4 Å². The lowest BCUT2D eigenvalue weighted by atomic mass is 9.80. The lowest BCUT2D eigenvalue weighted by Crippen LogP contribution is -2.67. The minimum absolute atomic E-state index is 0.148. The fraction of sp³-hybridized carbons (Fsp3) is 0.389. The largest absolute Gasteiger partial charge is 0.497 e. The summed E-state index contributed by atoms with van der Waals surface area (Å²) in [6.07, 6.45) is 0.0633. The Morgan fingerprint density at radius 2 is 1.93 bits per heavy atom. The van der Waals surface area contributed by atoms with Crippen LogP contribution >= 0.6 is 0 Å². The number of ether oxygens (including phenoxy) is 6. The second kappa shape index (κ2) is 6.07. The Kier molecular flexibility index (Phi) is 3.93. The molecule has 142 valence electrons. The molecule has 2 saturated heterocycles. The van der Waals surface area contributed by atoms with E-state index >= 15 is 0 Å². The van der Waals surface area contributed by atoms with E-state index in [1.807, 2.05) is 0 Å². The fourth-order valence-electron chi connectivity index (χ4n) is 3.51. The van der Waals surface area contributed by atoms with Gasteiger partial charge in [-0.3, -0.25) is 0 Å². The van der Waals surface area contributed by atoms with Crippen LogP contribution in [0.25, 0.3) is 0 Å². The van der Waals surface area contributed by atoms with Crippen LogP contribution in [-0.2, 0) is 38.1 Å². The number of hydrogen-bond donors (Lipinski definition) is 0. The zero-order valence-electron chi connectivity index (χ0n) is 14.5. The van der Waals surface area contributed by atoms with E-state index in [0.717, 1.165) is 13.2 Å².